The van der Waals surface area contributed by atoms with Gasteiger partial charge in [0.15, 0.2) is 23.0 Å². The van der Waals surface area contributed by atoms with Gasteiger partial charge in [-0.15, -0.1) is 0 Å². The number of nitrogens with one attached hydrogen (secondary N) is 2. The number of anilines is 1. The van der Waals surface area contributed by atoms with E-state index in [1.165, 1.54) is 42.8 Å². The monoisotopic (exact) mass is 406 g/mol. The van der Waals surface area contributed by atoms with Crippen LogP contribution in [0.15, 0.2) is 70.9 Å². The molecule has 1 amide bonds. The molecule has 0 atom stereocenters. The van der Waals surface area contributed by atoms with Gasteiger partial charge < -0.3 is 20.4 Å². The third-order valence-corrected chi connectivity index (χ3v) is 3.91. The van der Waals surface area contributed by atoms with E-state index in [1.807, 2.05) is 0 Å². The molecule has 6 N–H and O–H groups in total. The summed E-state index contributed by atoms with van der Waals surface area (Å²) in [6.07, 6.45) is 2.78. The molecule has 0 bridgehead atoms. The number of rotatable bonds is 6. The second-order valence-corrected chi connectivity index (χ2v) is 6.15. The average molecular weight is 406 g/mol. The van der Waals surface area contributed by atoms with E-state index < -0.39 is 5.91 Å². The molecule has 9 nitrogen and oxygen atoms in total. The minimum atomic E-state index is -0.453. The Morgan fingerprint density at radius 3 is 1.93 bits per heavy atom. The summed E-state index contributed by atoms with van der Waals surface area (Å²) in [6, 6.07) is 15.0. The molecule has 3 aromatic rings. The van der Waals surface area contributed by atoms with Crippen molar-refractivity contribution in [1.29, 1.82) is 0 Å². The van der Waals surface area contributed by atoms with Gasteiger partial charge in [0, 0.05) is 5.56 Å². The number of phenols is 4. The van der Waals surface area contributed by atoms with Crippen LogP contribution in [0.3, 0.4) is 0 Å². The smallest absolute Gasteiger partial charge is 0.271 e. The molecule has 0 unspecified atom stereocenters. The van der Waals surface area contributed by atoms with Gasteiger partial charge in [-0.1, -0.05) is 6.07 Å². The highest BCUT2D eigenvalue weighted by molar-refractivity contribution is 5.95. The molecule has 0 aliphatic heterocycles. The summed E-state index contributed by atoms with van der Waals surface area (Å²) in [7, 11) is 0. The van der Waals surface area contributed by atoms with Crippen LogP contribution >= 0.6 is 0 Å². The lowest BCUT2D eigenvalue weighted by molar-refractivity contribution is 0.0955. The minimum Gasteiger partial charge on any atom is -0.504 e. The van der Waals surface area contributed by atoms with Gasteiger partial charge >= 0.3 is 0 Å². The largest absolute Gasteiger partial charge is 0.504 e. The van der Waals surface area contributed by atoms with Crippen LogP contribution in [-0.2, 0) is 0 Å². The first-order chi connectivity index (χ1) is 14.4. The molecule has 0 heterocycles. The van der Waals surface area contributed by atoms with Crippen molar-refractivity contribution in [3.05, 3.63) is 77.4 Å². The average Bonchev–Trinajstić information content (AvgIpc) is 2.73. The van der Waals surface area contributed by atoms with E-state index >= 15 is 0 Å². The van der Waals surface area contributed by atoms with E-state index in [1.54, 1.807) is 30.3 Å². The Hall–Kier alpha value is -4.53. The standard InChI is InChI=1S/C21H18N4O5/c26-17-6-4-13(8-19(17)28)11-22-24-16-3-1-2-15(10-16)21(30)25-23-12-14-5-7-18(27)20(29)9-14/h1-12,24,26-29H,(H,25,30). The van der Waals surface area contributed by atoms with Crippen LogP contribution in [0.2, 0.25) is 0 Å². The van der Waals surface area contributed by atoms with Gasteiger partial charge in [-0.2, -0.15) is 10.2 Å². The molecule has 0 fully saturated rings. The van der Waals surface area contributed by atoms with Crippen LogP contribution in [0.5, 0.6) is 23.0 Å². The molecule has 3 aromatic carbocycles. The van der Waals surface area contributed by atoms with Crippen molar-refractivity contribution in [3.8, 4) is 23.0 Å². The van der Waals surface area contributed by atoms with E-state index in [0.717, 1.165) is 0 Å². The SMILES string of the molecule is O=C(NN=Cc1ccc(O)c(O)c1)c1cccc(NN=Cc2ccc(O)c(O)c2)c1. The van der Waals surface area contributed by atoms with Gasteiger partial charge in [0.2, 0.25) is 0 Å². The molecular weight excluding hydrogens is 388 g/mol. The molecule has 0 saturated heterocycles. The molecule has 30 heavy (non-hydrogen) atoms. The molecule has 3 rings (SSSR count). The summed E-state index contributed by atoms with van der Waals surface area (Å²) in [5.41, 5.74) is 7.10. The normalized spacial score (nSPS) is 11.1. The van der Waals surface area contributed by atoms with Gasteiger partial charge in [0.25, 0.3) is 5.91 Å². The van der Waals surface area contributed by atoms with E-state index in [2.05, 4.69) is 21.1 Å². The predicted molar refractivity (Wildman–Crippen MR) is 112 cm³/mol. The number of amides is 1. The molecule has 0 radical (unpaired) electrons. The molecule has 152 valence electrons. The van der Waals surface area contributed by atoms with E-state index in [-0.39, 0.29) is 23.0 Å². The van der Waals surface area contributed by atoms with Gasteiger partial charge in [0.1, 0.15) is 0 Å². The van der Waals surface area contributed by atoms with Gasteiger partial charge in [-0.05, 0) is 65.7 Å². The van der Waals surface area contributed by atoms with E-state index in [9.17, 15) is 25.2 Å². The maximum atomic E-state index is 12.2. The summed E-state index contributed by atoms with van der Waals surface area (Å²) in [5, 5.41) is 45.3. The van der Waals surface area contributed by atoms with Crippen molar-refractivity contribution in [2.45, 2.75) is 0 Å². The fourth-order valence-corrected chi connectivity index (χ4v) is 2.38. The molecule has 0 aromatic heterocycles. The molecule has 9 heteroatoms. The predicted octanol–water partition coefficient (Wildman–Crippen LogP) is 2.72. The van der Waals surface area contributed by atoms with Crippen LogP contribution in [0.1, 0.15) is 21.5 Å². The zero-order valence-electron chi connectivity index (χ0n) is 15.5. The van der Waals surface area contributed by atoms with Gasteiger partial charge in [-0.3, -0.25) is 10.2 Å². The molecule has 0 spiro atoms. The summed E-state index contributed by atoms with van der Waals surface area (Å²) in [6.45, 7) is 0. The number of benzene rings is 3. The number of carbonyl (C=O) groups excluding carboxylic acids is 1. The Balaban J connectivity index is 1.60. The van der Waals surface area contributed by atoms with Crippen molar-refractivity contribution in [2.75, 3.05) is 5.43 Å². The highest BCUT2D eigenvalue weighted by atomic mass is 16.3. The van der Waals surface area contributed by atoms with Crippen molar-refractivity contribution < 1.29 is 25.2 Å². The lowest BCUT2D eigenvalue weighted by Crippen LogP contribution is -2.17. The number of hydrogen-bond donors (Lipinski definition) is 6. The third kappa shape index (κ3) is 5.26. The zero-order valence-corrected chi connectivity index (χ0v) is 15.5. The number of carbonyl (C=O) groups is 1. The maximum Gasteiger partial charge on any atom is 0.271 e. The van der Waals surface area contributed by atoms with Crippen LogP contribution in [0.4, 0.5) is 5.69 Å². The first-order valence-corrected chi connectivity index (χ1v) is 8.69. The molecule has 0 saturated carbocycles. The lowest BCUT2D eigenvalue weighted by Gasteiger charge is -2.04. The van der Waals surface area contributed by atoms with Gasteiger partial charge in [-0.25, -0.2) is 5.43 Å². The number of phenolic OH excluding ortho intramolecular Hbond substituents is 4. The van der Waals surface area contributed by atoms with Crippen LogP contribution in [-0.4, -0.2) is 38.8 Å². The number of hydrogen-bond acceptors (Lipinski definition) is 8. The fraction of sp³-hybridized carbons (Fsp3) is 0. The summed E-state index contributed by atoms with van der Waals surface area (Å²) in [5.74, 6) is -1.45. The van der Waals surface area contributed by atoms with Gasteiger partial charge in [0.05, 0.1) is 18.1 Å². The van der Waals surface area contributed by atoms with Crippen molar-refractivity contribution >= 4 is 24.0 Å². The molecular formula is C21H18N4O5. The fourth-order valence-electron chi connectivity index (χ4n) is 2.38. The van der Waals surface area contributed by atoms with Crippen LogP contribution < -0.4 is 10.9 Å². The first kappa shape index (κ1) is 20.2. The Morgan fingerprint density at radius 1 is 0.733 bits per heavy atom. The Kier molecular flexibility index (Phi) is 6.14. The van der Waals surface area contributed by atoms with Crippen molar-refractivity contribution in [2.24, 2.45) is 10.2 Å². The first-order valence-electron chi connectivity index (χ1n) is 8.69. The second-order valence-electron chi connectivity index (χ2n) is 6.15. The molecule has 0 aliphatic rings. The highest BCUT2D eigenvalue weighted by Crippen LogP contribution is 2.24. The van der Waals surface area contributed by atoms with E-state index in [0.29, 0.717) is 22.4 Å². The van der Waals surface area contributed by atoms with Crippen molar-refractivity contribution in [3.63, 3.8) is 0 Å². The maximum absolute atomic E-state index is 12.2. The van der Waals surface area contributed by atoms with Crippen LogP contribution in [0.25, 0.3) is 0 Å². The third-order valence-electron chi connectivity index (χ3n) is 3.91. The Morgan fingerprint density at radius 2 is 1.33 bits per heavy atom. The van der Waals surface area contributed by atoms with E-state index in [4.69, 9.17) is 0 Å². The zero-order chi connectivity index (χ0) is 21.5. The number of aromatic hydroxyl groups is 4. The van der Waals surface area contributed by atoms with Crippen molar-refractivity contribution in [1.82, 2.24) is 5.43 Å². The van der Waals surface area contributed by atoms with Crippen LogP contribution in [0, 0.1) is 0 Å². The highest BCUT2D eigenvalue weighted by Gasteiger charge is 2.05. The second kappa shape index (κ2) is 9.11. The topological polar surface area (TPSA) is 147 Å². The molecule has 0 aliphatic carbocycles. The summed E-state index contributed by atoms with van der Waals surface area (Å²) in [4.78, 5) is 12.2. The quantitative estimate of drug-likeness (QED) is 0.211. The Bertz CT molecular complexity index is 1130. The number of nitrogens with zero attached hydrogens (tertiary/aromatic N) is 2. The summed E-state index contributed by atoms with van der Waals surface area (Å²) >= 11 is 0. The summed E-state index contributed by atoms with van der Waals surface area (Å²) < 4.78 is 0. The number of hydrazone groups is 2. The minimum absolute atomic E-state index is 0.219. The Labute approximate surface area is 171 Å². The lowest BCUT2D eigenvalue weighted by atomic mass is 10.2.